The first-order valence-corrected chi connectivity index (χ1v) is 8.85. The number of nitrogens with zero attached hydrogens (tertiary/aromatic N) is 1. The molecule has 0 saturated carbocycles. The second-order valence-corrected chi connectivity index (χ2v) is 7.26. The number of hydrogen-bond donors (Lipinski definition) is 0. The van der Waals surface area contributed by atoms with Crippen molar-refractivity contribution in [2.24, 2.45) is 0 Å². The van der Waals surface area contributed by atoms with Gasteiger partial charge in [0.05, 0.1) is 0 Å². The van der Waals surface area contributed by atoms with Gasteiger partial charge in [-0.1, -0.05) is 30.3 Å². The molecule has 1 aliphatic heterocycles. The summed E-state index contributed by atoms with van der Waals surface area (Å²) in [6.07, 6.45) is 1.47. The minimum atomic E-state index is -1.33. The normalized spacial score (nSPS) is 19.7. The maximum Gasteiger partial charge on any atom is 0.276 e. The lowest BCUT2D eigenvalue weighted by molar-refractivity contribution is -0.133. The molecule has 2 aromatic carbocycles. The van der Waals surface area contributed by atoms with Crippen LogP contribution in [0.1, 0.15) is 18.4 Å². The van der Waals surface area contributed by atoms with Crippen molar-refractivity contribution in [3.63, 3.8) is 0 Å². The zero-order valence-electron chi connectivity index (χ0n) is 12.7. The molecule has 120 valence electrons. The second kappa shape index (κ2) is 7.15. The quantitative estimate of drug-likeness (QED) is 0.808. The van der Waals surface area contributed by atoms with Crippen molar-refractivity contribution in [3.8, 4) is 0 Å². The van der Waals surface area contributed by atoms with Crippen molar-refractivity contribution >= 4 is 17.1 Å². The third kappa shape index (κ3) is 3.74. The molecular formula is C18H18FNO2S. The summed E-state index contributed by atoms with van der Waals surface area (Å²) in [6, 6.07) is 15.3. The molecule has 3 nitrogen and oxygen atoms in total. The maximum absolute atomic E-state index is 13.0. The summed E-state index contributed by atoms with van der Waals surface area (Å²) in [6.45, 7) is 1.08. The van der Waals surface area contributed by atoms with Crippen LogP contribution in [0.25, 0.3) is 0 Å². The molecule has 0 aliphatic carbocycles. The highest BCUT2D eigenvalue weighted by Crippen LogP contribution is 2.25. The van der Waals surface area contributed by atoms with Crippen LogP contribution in [0.5, 0.6) is 0 Å². The number of carbonyl (C=O) groups excluding carboxylic acids is 1. The van der Waals surface area contributed by atoms with E-state index in [1.54, 1.807) is 29.2 Å². The molecule has 0 spiro atoms. The van der Waals surface area contributed by atoms with E-state index in [9.17, 15) is 13.7 Å². The van der Waals surface area contributed by atoms with Crippen molar-refractivity contribution in [2.75, 3.05) is 6.54 Å². The average molecular weight is 331 g/mol. The summed E-state index contributed by atoms with van der Waals surface area (Å²) in [5.74, 6) is -0.371. The molecule has 2 unspecified atom stereocenters. The zero-order chi connectivity index (χ0) is 16.2. The minimum absolute atomic E-state index is 0.0808. The van der Waals surface area contributed by atoms with E-state index in [0.717, 1.165) is 12.0 Å². The molecule has 0 aromatic heterocycles. The molecule has 1 aliphatic rings. The van der Waals surface area contributed by atoms with Crippen molar-refractivity contribution in [1.82, 2.24) is 4.90 Å². The zero-order valence-corrected chi connectivity index (χ0v) is 13.5. The van der Waals surface area contributed by atoms with Crippen molar-refractivity contribution in [3.05, 3.63) is 66.0 Å². The van der Waals surface area contributed by atoms with Crippen LogP contribution >= 0.6 is 0 Å². The molecule has 2 atom stereocenters. The molecule has 1 heterocycles. The number of carbonyl (C=O) groups is 1. The van der Waals surface area contributed by atoms with Crippen LogP contribution in [0.4, 0.5) is 4.39 Å². The average Bonchev–Trinajstić information content (AvgIpc) is 2.59. The number of piperidine rings is 1. The first-order chi connectivity index (χ1) is 11.1. The minimum Gasteiger partial charge on any atom is -0.611 e. The standard InChI is InChI=1S/C18H18FNO2S/c19-15-10-8-14(9-11-15)13-20-12-4-7-17(18(20)21)23(22)16-5-2-1-3-6-16/h1-3,5-6,8-11,17H,4,7,12-13H2. The maximum atomic E-state index is 13.0. The van der Waals surface area contributed by atoms with Crippen molar-refractivity contribution < 1.29 is 13.7 Å². The van der Waals surface area contributed by atoms with Gasteiger partial charge in [-0.2, -0.15) is 0 Å². The summed E-state index contributed by atoms with van der Waals surface area (Å²) in [5, 5.41) is -0.494. The SMILES string of the molecule is O=C1C([S+]([O-])c2ccccc2)CCCN1Cc1ccc(F)cc1. The van der Waals surface area contributed by atoms with Gasteiger partial charge in [0.1, 0.15) is 5.82 Å². The first kappa shape index (κ1) is 16.0. The Hall–Kier alpha value is -1.85. The molecule has 0 radical (unpaired) electrons. The summed E-state index contributed by atoms with van der Waals surface area (Å²) in [7, 11) is 0. The Morgan fingerprint density at radius 2 is 1.83 bits per heavy atom. The Morgan fingerprint density at radius 3 is 2.52 bits per heavy atom. The fraction of sp³-hybridized carbons (Fsp3) is 0.278. The highest BCUT2D eigenvalue weighted by molar-refractivity contribution is 7.92. The van der Waals surface area contributed by atoms with Gasteiger partial charge < -0.3 is 9.45 Å². The van der Waals surface area contributed by atoms with Crippen LogP contribution in [0, 0.1) is 5.82 Å². The van der Waals surface area contributed by atoms with E-state index in [4.69, 9.17) is 0 Å². The van der Waals surface area contributed by atoms with E-state index in [2.05, 4.69) is 0 Å². The summed E-state index contributed by atoms with van der Waals surface area (Å²) < 4.78 is 25.6. The van der Waals surface area contributed by atoms with E-state index in [0.29, 0.717) is 24.4 Å². The van der Waals surface area contributed by atoms with Gasteiger partial charge in [-0.3, -0.25) is 4.79 Å². The van der Waals surface area contributed by atoms with Gasteiger partial charge >= 0.3 is 0 Å². The molecule has 1 saturated heterocycles. The van der Waals surface area contributed by atoms with E-state index in [1.165, 1.54) is 12.1 Å². The Labute approximate surface area is 138 Å². The lowest BCUT2D eigenvalue weighted by atomic mass is 10.1. The second-order valence-electron chi connectivity index (χ2n) is 5.63. The molecule has 5 heteroatoms. The lowest BCUT2D eigenvalue weighted by Crippen LogP contribution is -2.47. The highest BCUT2D eigenvalue weighted by atomic mass is 32.2. The number of halogens is 1. The largest absolute Gasteiger partial charge is 0.611 e. The molecular weight excluding hydrogens is 313 g/mol. The van der Waals surface area contributed by atoms with E-state index >= 15 is 0 Å². The molecule has 1 amide bonds. The fourth-order valence-corrected chi connectivity index (χ4v) is 4.26. The summed E-state index contributed by atoms with van der Waals surface area (Å²) in [5.41, 5.74) is 0.880. The van der Waals surface area contributed by atoms with E-state index in [1.807, 2.05) is 18.2 Å². The van der Waals surface area contributed by atoms with Crippen LogP contribution in [-0.2, 0) is 22.5 Å². The predicted octanol–water partition coefficient (Wildman–Crippen LogP) is 3.12. The summed E-state index contributed by atoms with van der Waals surface area (Å²) in [4.78, 5) is 15.1. The van der Waals surface area contributed by atoms with E-state index in [-0.39, 0.29) is 11.7 Å². The monoisotopic (exact) mass is 331 g/mol. The Morgan fingerprint density at radius 1 is 1.13 bits per heavy atom. The Kier molecular flexibility index (Phi) is 4.98. The van der Waals surface area contributed by atoms with Crippen LogP contribution < -0.4 is 0 Å². The highest BCUT2D eigenvalue weighted by Gasteiger charge is 2.38. The van der Waals surface area contributed by atoms with Gasteiger partial charge in [-0.05, 0) is 47.4 Å². The van der Waals surface area contributed by atoms with Gasteiger partial charge in [0.2, 0.25) is 0 Å². The molecule has 2 aromatic rings. The number of rotatable bonds is 4. The molecule has 3 rings (SSSR count). The van der Waals surface area contributed by atoms with Gasteiger partial charge in [-0.15, -0.1) is 0 Å². The fourth-order valence-electron chi connectivity index (χ4n) is 2.79. The third-order valence-corrected chi connectivity index (χ3v) is 5.69. The first-order valence-electron chi connectivity index (χ1n) is 7.64. The summed E-state index contributed by atoms with van der Waals surface area (Å²) >= 11 is -1.33. The number of amides is 1. The van der Waals surface area contributed by atoms with Crippen LogP contribution in [0.15, 0.2) is 59.5 Å². The van der Waals surface area contributed by atoms with Crippen LogP contribution in [0.2, 0.25) is 0 Å². The number of benzene rings is 2. The topological polar surface area (TPSA) is 43.4 Å². The van der Waals surface area contributed by atoms with Crippen molar-refractivity contribution in [2.45, 2.75) is 29.5 Å². The third-order valence-electron chi connectivity index (χ3n) is 4.00. The number of hydrogen-bond acceptors (Lipinski definition) is 2. The number of likely N-dealkylation sites (tertiary alicyclic amines) is 1. The van der Waals surface area contributed by atoms with Gasteiger partial charge in [0.25, 0.3) is 5.91 Å². The molecule has 23 heavy (non-hydrogen) atoms. The Balaban J connectivity index is 1.72. The lowest BCUT2D eigenvalue weighted by Gasteiger charge is -2.32. The molecule has 0 bridgehead atoms. The van der Waals surface area contributed by atoms with E-state index < -0.39 is 16.4 Å². The predicted molar refractivity (Wildman–Crippen MR) is 87.7 cm³/mol. The molecule has 0 N–H and O–H groups in total. The molecule has 1 fully saturated rings. The van der Waals surface area contributed by atoms with Gasteiger partial charge in [0.15, 0.2) is 10.1 Å². The van der Waals surface area contributed by atoms with Crippen LogP contribution in [0.3, 0.4) is 0 Å². The Bertz CT molecular complexity index is 662. The van der Waals surface area contributed by atoms with Crippen LogP contribution in [-0.4, -0.2) is 27.2 Å². The van der Waals surface area contributed by atoms with Gasteiger partial charge in [-0.25, -0.2) is 4.39 Å². The van der Waals surface area contributed by atoms with Crippen molar-refractivity contribution in [1.29, 1.82) is 0 Å². The van der Waals surface area contributed by atoms with Gasteiger partial charge in [0, 0.05) is 19.5 Å². The smallest absolute Gasteiger partial charge is 0.276 e.